The highest BCUT2D eigenvalue weighted by Crippen LogP contribution is 1.87. The van der Waals surface area contributed by atoms with Crippen molar-refractivity contribution in [2.45, 2.75) is 19.8 Å². The number of allylic oxidation sites excluding steroid dienone is 2. The molecule has 0 N–H and O–H groups in total. The molecule has 48 valence electrons. The molecule has 0 unspecified atom stereocenters. The van der Waals surface area contributed by atoms with Crippen molar-refractivity contribution in [3.63, 3.8) is 0 Å². The van der Waals surface area contributed by atoms with E-state index in [0.29, 0.717) is 0 Å². The van der Waals surface area contributed by atoms with E-state index in [1.807, 2.05) is 6.92 Å². The van der Waals surface area contributed by atoms with Gasteiger partial charge in [0, 0.05) is 0 Å². The Kier molecular flexibility index (Phi) is 4.43. The first-order valence-electron chi connectivity index (χ1n) is 2.92. The van der Waals surface area contributed by atoms with Crippen LogP contribution in [-0.2, 0) is 4.79 Å². The maximum absolute atomic E-state index is 10.2. The van der Waals surface area contributed by atoms with Gasteiger partial charge in [-0.25, -0.2) is 0 Å². The van der Waals surface area contributed by atoms with E-state index in [1.165, 1.54) is 12.1 Å². The van der Waals surface area contributed by atoms with E-state index >= 15 is 0 Å². The average Bonchev–Trinajstić information content (AvgIpc) is 1.89. The number of ketones is 1. The van der Waals surface area contributed by atoms with Crippen molar-refractivity contribution in [2.75, 3.05) is 0 Å². The number of hydrogen-bond acceptors (Lipinski definition) is 2. The van der Waals surface area contributed by atoms with E-state index in [0.717, 1.165) is 12.8 Å². The Hall–Kier alpha value is -1.10. The molecule has 0 aromatic heterocycles. The van der Waals surface area contributed by atoms with Crippen molar-refractivity contribution in [1.29, 1.82) is 5.26 Å². The number of hydrogen-bond donors (Lipinski definition) is 0. The minimum atomic E-state index is -0.469. The van der Waals surface area contributed by atoms with Gasteiger partial charge in [0.25, 0.3) is 5.78 Å². The van der Waals surface area contributed by atoms with Crippen LogP contribution in [0.3, 0.4) is 0 Å². The molecule has 0 saturated carbocycles. The molecule has 0 atom stereocenters. The Morgan fingerprint density at radius 1 is 1.78 bits per heavy atom. The molecule has 0 saturated heterocycles. The maximum atomic E-state index is 10.2. The number of nitrogens with zero attached hydrogens (tertiary/aromatic N) is 1. The first-order chi connectivity index (χ1) is 4.31. The Morgan fingerprint density at radius 2 is 2.44 bits per heavy atom. The fourth-order valence-electron chi connectivity index (χ4n) is 0.394. The third-order valence-corrected chi connectivity index (χ3v) is 0.835. The van der Waals surface area contributed by atoms with Crippen LogP contribution in [0.15, 0.2) is 12.2 Å². The molecular formula is C7H9NO. The molecule has 0 aliphatic rings. The molecule has 0 aromatic rings. The Labute approximate surface area is 54.8 Å². The van der Waals surface area contributed by atoms with Crippen LogP contribution < -0.4 is 0 Å². The lowest BCUT2D eigenvalue weighted by molar-refractivity contribution is -0.109. The zero-order valence-electron chi connectivity index (χ0n) is 5.42. The molecule has 0 heterocycles. The van der Waals surface area contributed by atoms with Crippen molar-refractivity contribution in [3.8, 4) is 6.07 Å². The number of nitriles is 1. The van der Waals surface area contributed by atoms with Crippen molar-refractivity contribution in [2.24, 2.45) is 0 Å². The summed E-state index contributed by atoms with van der Waals surface area (Å²) in [5, 5.41) is 7.98. The number of carbonyl (C=O) groups excluding carboxylic acids is 1. The van der Waals surface area contributed by atoms with Crippen LogP contribution in [0, 0.1) is 11.3 Å². The minimum absolute atomic E-state index is 0.469. The summed E-state index contributed by atoms with van der Waals surface area (Å²) in [5.41, 5.74) is 0. The predicted octanol–water partition coefficient (Wildman–Crippen LogP) is 1.44. The van der Waals surface area contributed by atoms with Gasteiger partial charge in [-0.05, 0) is 12.5 Å². The predicted molar refractivity (Wildman–Crippen MR) is 34.7 cm³/mol. The van der Waals surface area contributed by atoms with E-state index in [1.54, 1.807) is 6.08 Å². The van der Waals surface area contributed by atoms with Crippen LogP contribution >= 0.6 is 0 Å². The molecule has 2 nitrogen and oxygen atoms in total. The highest BCUT2D eigenvalue weighted by Gasteiger charge is 1.86. The Balaban J connectivity index is 3.48. The smallest absolute Gasteiger partial charge is 0.254 e. The van der Waals surface area contributed by atoms with Gasteiger partial charge in [-0.1, -0.05) is 19.4 Å². The summed E-state index contributed by atoms with van der Waals surface area (Å²) in [6, 6.07) is 1.50. The summed E-state index contributed by atoms with van der Waals surface area (Å²) < 4.78 is 0. The third-order valence-electron chi connectivity index (χ3n) is 0.835. The van der Waals surface area contributed by atoms with Crippen LogP contribution in [0.1, 0.15) is 19.8 Å². The number of unbranched alkanes of at least 4 members (excludes halogenated alkanes) is 1. The molecule has 0 fully saturated rings. The zero-order valence-corrected chi connectivity index (χ0v) is 5.42. The fourth-order valence-corrected chi connectivity index (χ4v) is 0.394. The summed E-state index contributed by atoms with van der Waals surface area (Å²) in [5.74, 6) is -0.469. The lowest BCUT2D eigenvalue weighted by atomic mass is 10.3. The second-order valence-corrected chi connectivity index (χ2v) is 1.67. The second-order valence-electron chi connectivity index (χ2n) is 1.67. The minimum Gasteiger partial charge on any atom is -0.278 e. The SMILES string of the molecule is CCC/C=C/C(=O)C#N. The molecule has 0 aliphatic heterocycles. The molecule has 0 spiro atoms. The highest BCUT2D eigenvalue weighted by molar-refractivity contribution is 6.02. The molecule has 0 amide bonds. The van der Waals surface area contributed by atoms with Crippen LogP contribution in [0.25, 0.3) is 0 Å². The maximum Gasteiger partial charge on any atom is 0.254 e. The first kappa shape index (κ1) is 7.90. The van der Waals surface area contributed by atoms with Crippen molar-refractivity contribution in [3.05, 3.63) is 12.2 Å². The molecule has 0 rings (SSSR count). The van der Waals surface area contributed by atoms with Crippen LogP contribution in [-0.4, -0.2) is 5.78 Å². The lowest BCUT2D eigenvalue weighted by Crippen LogP contribution is -1.82. The monoisotopic (exact) mass is 123 g/mol. The van der Waals surface area contributed by atoms with E-state index < -0.39 is 5.78 Å². The van der Waals surface area contributed by atoms with Gasteiger partial charge in [0.2, 0.25) is 0 Å². The summed E-state index contributed by atoms with van der Waals surface area (Å²) >= 11 is 0. The second kappa shape index (κ2) is 5.04. The normalized spacial score (nSPS) is 9.33. The topological polar surface area (TPSA) is 40.9 Å². The summed E-state index contributed by atoms with van der Waals surface area (Å²) in [6.07, 6.45) is 4.90. The third kappa shape index (κ3) is 4.76. The standard InChI is InChI=1S/C7H9NO/c1-2-3-4-5-7(9)6-8/h4-5H,2-3H2,1H3/b5-4+. The van der Waals surface area contributed by atoms with Gasteiger partial charge >= 0.3 is 0 Å². The van der Waals surface area contributed by atoms with Crippen molar-refractivity contribution in [1.82, 2.24) is 0 Å². The lowest BCUT2D eigenvalue weighted by Gasteiger charge is -1.78. The summed E-state index contributed by atoms with van der Waals surface area (Å²) in [6.45, 7) is 2.02. The molecule has 0 aliphatic carbocycles. The van der Waals surface area contributed by atoms with E-state index in [2.05, 4.69) is 0 Å². The highest BCUT2D eigenvalue weighted by atomic mass is 16.1. The molecule has 9 heavy (non-hydrogen) atoms. The number of rotatable bonds is 3. The molecule has 0 radical (unpaired) electrons. The Bertz CT molecular complexity index is 153. The van der Waals surface area contributed by atoms with E-state index in [-0.39, 0.29) is 0 Å². The average molecular weight is 123 g/mol. The van der Waals surface area contributed by atoms with Gasteiger partial charge in [-0.15, -0.1) is 0 Å². The van der Waals surface area contributed by atoms with Gasteiger partial charge in [-0.3, -0.25) is 4.79 Å². The van der Waals surface area contributed by atoms with Gasteiger partial charge < -0.3 is 0 Å². The largest absolute Gasteiger partial charge is 0.278 e. The zero-order chi connectivity index (χ0) is 7.11. The van der Waals surface area contributed by atoms with Crippen LogP contribution in [0.5, 0.6) is 0 Å². The number of carbonyl (C=O) groups is 1. The van der Waals surface area contributed by atoms with E-state index in [4.69, 9.17) is 5.26 Å². The quantitative estimate of drug-likeness (QED) is 0.420. The van der Waals surface area contributed by atoms with Crippen molar-refractivity contribution >= 4 is 5.78 Å². The molecule has 2 heteroatoms. The van der Waals surface area contributed by atoms with Gasteiger partial charge in [0.1, 0.15) is 6.07 Å². The van der Waals surface area contributed by atoms with Gasteiger partial charge in [-0.2, -0.15) is 5.26 Å². The van der Waals surface area contributed by atoms with Gasteiger partial charge in [0.15, 0.2) is 0 Å². The molecule has 0 aromatic carbocycles. The van der Waals surface area contributed by atoms with Crippen molar-refractivity contribution < 1.29 is 4.79 Å². The molecular weight excluding hydrogens is 114 g/mol. The first-order valence-corrected chi connectivity index (χ1v) is 2.92. The molecule has 0 bridgehead atoms. The Morgan fingerprint density at radius 3 is 2.89 bits per heavy atom. The van der Waals surface area contributed by atoms with Gasteiger partial charge in [0.05, 0.1) is 0 Å². The summed E-state index contributed by atoms with van der Waals surface area (Å²) in [4.78, 5) is 10.2. The van der Waals surface area contributed by atoms with Crippen LogP contribution in [0.4, 0.5) is 0 Å². The summed E-state index contributed by atoms with van der Waals surface area (Å²) in [7, 11) is 0. The van der Waals surface area contributed by atoms with E-state index in [9.17, 15) is 4.79 Å². The van der Waals surface area contributed by atoms with Crippen LogP contribution in [0.2, 0.25) is 0 Å². The fraction of sp³-hybridized carbons (Fsp3) is 0.429.